The third-order valence-electron chi connectivity index (χ3n) is 9.94. The molecule has 186 valence electrons. The van der Waals surface area contributed by atoms with Crippen molar-refractivity contribution in [3.63, 3.8) is 0 Å². The molecule has 0 spiro atoms. The summed E-state index contributed by atoms with van der Waals surface area (Å²) in [5, 5.41) is 0. The van der Waals surface area contributed by atoms with Crippen LogP contribution in [0.4, 0.5) is 22.7 Å². The quantitative estimate of drug-likeness (QED) is 0.274. The van der Waals surface area contributed by atoms with E-state index in [1.54, 1.807) is 22.3 Å². The van der Waals surface area contributed by atoms with Crippen LogP contribution >= 0.6 is 0 Å². The van der Waals surface area contributed by atoms with Gasteiger partial charge in [-0.15, -0.1) is 0 Å². The van der Waals surface area contributed by atoms with E-state index in [0.717, 1.165) is 13.1 Å². The van der Waals surface area contributed by atoms with Crippen molar-refractivity contribution in [1.82, 2.24) is 0 Å². The Labute approximate surface area is 224 Å². The van der Waals surface area contributed by atoms with E-state index in [4.69, 9.17) is 0 Å². The van der Waals surface area contributed by atoms with Crippen LogP contribution in [0.5, 0.6) is 0 Å². The first-order chi connectivity index (χ1) is 18.7. The minimum absolute atomic E-state index is 0.411. The van der Waals surface area contributed by atoms with Crippen LogP contribution in [0.3, 0.4) is 0 Å². The minimum Gasteiger partial charge on any atom is -0.326 e. The van der Waals surface area contributed by atoms with Gasteiger partial charge >= 0.3 is 0 Å². The van der Waals surface area contributed by atoms with Gasteiger partial charge in [-0.25, -0.2) is 0 Å². The molecule has 4 heteroatoms. The molecule has 10 rings (SSSR count). The Kier molecular flexibility index (Phi) is 3.96. The largest absolute Gasteiger partial charge is 0.326 e. The molecule has 38 heavy (non-hydrogen) atoms. The fourth-order valence-electron chi connectivity index (χ4n) is 8.49. The lowest BCUT2D eigenvalue weighted by atomic mass is 9.54. The molecule has 3 aliphatic heterocycles. The second-order valence-electron chi connectivity index (χ2n) is 11.5. The molecule has 4 nitrogen and oxygen atoms in total. The molecule has 0 fully saturated rings. The number of nitrogens with zero attached hydrogens (tertiary/aromatic N) is 4. The first-order valence-electron chi connectivity index (χ1n) is 13.8. The molecular formula is C34H30N4. The van der Waals surface area contributed by atoms with E-state index in [2.05, 4.69) is 131 Å². The Morgan fingerprint density at radius 2 is 0.763 bits per heavy atom. The first kappa shape index (κ1) is 20.8. The maximum atomic E-state index is 2.64. The number of rotatable bonds is 0. The van der Waals surface area contributed by atoms with Crippen molar-refractivity contribution in [2.75, 3.05) is 46.8 Å². The molecule has 0 radical (unpaired) electrons. The average molecular weight is 495 g/mol. The summed E-state index contributed by atoms with van der Waals surface area (Å²) in [6.07, 6.45) is 0. The number of hydrogen-bond acceptors (Lipinski definition) is 4. The highest BCUT2D eigenvalue weighted by Crippen LogP contribution is 2.61. The summed E-state index contributed by atoms with van der Waals surface area (Å²) in [6, 6.07) is 36.5. The van der Waals surface area contributed by atoms with Crippen LogP contribution in [0.25, 0.3) is 0 Å². The summed E-state index contributed by atoms with van der Waals surface area (Å²) in [5.41, 5.74) is 11.4. The summed E-state index contributed by atoms with van der Waals surface area (Å²) in [7, 11) is 4.49. The highest BCUT2D eigenvalue weighted by Gasteiger charge is 2.54. The molecule has 4 aromatic rings. The Hall–Kier alpha value is -4.18. The van der Waals surface area contributed by atoms with Crippen LogP contribution < -0.4 is 19.6 Å². The second kappa shape index (κ2) is 7.22. The van der Waals surface area contributed by atoms with Crippen molar-refractivity contribution >= 4 is 22.7 Å². The average Bonchev–Trinajstić information content (AvgIpc) is 3.37. The van der Waals surface area contributed by atoms with E-state index >= 15 is 0 Å². The van der Waals surface area contributed by atoms with Crippen molar-refractivity contribution in [2.45, 2.75) is 11.8 Å². The van der Waals surface area contributed by atoms with Gasteiger partial charge in [-0.05, 0) is 58.4 Å². The van der Waals surface area contributed by atoms with Crippen LogP contribution in [-0.2, 0) is 0 Å². The van der Waals surface area contributed by atoms with Gasteiger partial charge in [0.2, 0.25) is 0 Å². The molecule has 0 saturated heterocycles. The predicted octanol–water partition coefficient (Wildman–Crippen LogP) is 6.56. The van der Waals surface area contributed by atoms with Crippen molar-refractivity contribution in [2.24, 2.45) is 11.8 Å². The first-order valence-corrected chi connectivity index (χ1v) is 13.8. The highest BCUT2D eigenvalue weighted by atomic mass is 15.5. The molecule has 3 aliphatic carbocycles. The van der Waals surface area contributed by atoms with Crippen LogP contribution in [0.2, 0.25) is 0 Å². The molecule has 0 N–H and O–H groups in total. The second-order valence-corrected chi connectivity index (χ2v) is 11.5. The lowest BCUT2D eigenvalue weighted by Gasteiger charge is -2.54. The maximum Gasteiger partial charge on any atom is 0.155 e. The third kappa shape index (κ3) is 2.42. The van der Waals surface area contributed by atoms with Gasteiger partial charge in [0.05, 0.1) is 22.7 Å². The molecule has 4 aromatic carbocycles. The fourth-order valence-corrected chi connectivity index (χ4v) is 8.49. The number of para-hydroxylation sites is 4. The predicted molar refractivity (Wildman–Crippen MR) is 155 cm³/mol. The van der Waals surface area contributed by atoms with Crippen LogP contribution in [0.1, 0.15) is 34.1 Å². The third-order valence-corrected chi connectivity index (χ3v) is 9.94. The summed E-state index contributed by atoms with van der Waals surface area (Å²) in [4.78, 5) is 10.1. The maximum absolute atomic E-state index is 2.64. The van der Waals surface area contributed by atoms with Crippen molar-refractivity contribution in [3.05, 3.63) is 131 Å². The van der Waals surface area contributed by atoms with Crippen molar-refractivity contribution in [3.8, 4) is 0 Å². The standard InChI is InChI=1S/C34H30N4/c1-35-27-15-7-9-17-29(27)37-19-25-26(20-38-30-18-10-8-16-28(30)36(2)34(38)33(35)37)32-23-13-5-3-11-21(23)31(25)22-12-4-6-14-24(22)32/h3-18,25-26,31-32H,19-20H2,1-2H3/b34-33-/t25-,26-,31?,32?/m1/s1. The number of anilines is 4. The Morgan fingerprint density at radius 1 is 0.447 bits per heavy atom. The highest BCUT2D eigenvalue weighted by molar-refractivity contribution is 5.89. The van der Waals surface area contributed by atoms with Crippen LogP contribution in [0, 0.1) is 11.8 Å². The fraction of sp³-hybridized carbons (Fsp3) is 0.235. The minimum atomic E-state index is 0.411. The van der Waals surface area contributed by atoms with E-state index < -0.39 is 0 Å². The Bertz CT molecular complexity index is 1500. The van der Waals surface area contributed by atoms with E-state index in [-0.39, 0.29) is 0 Å². The monoisotopic (exact) mass is 494 g/mol. The van der Waals surface area contributed by atoms with E-state index in [9.17, 15) is 0 Å². The van der Waals surface area contributed by atoms with E-state index in [1.807, 2.05) is 0 Å². The zero-order valence-electron chi connectivity index (χ0n) is 21.8. The van der Waals surface area contributed by atoms with E-state index in [1.165, 1.54) is 34.4 Å². The van der Waals surface area contributed by atoms with Crippen molar-refractivity contribution in [1.29, 1.82) is 0 Å². The smallest absolute Gasteiger partial charge is 0.155 e. The summed E-state index contributed by atoms with van der Waals surface area (Å²) < 4.78 is 0. The summed E-state index contributed by atoms with van der Waals surface area (Å²) in [6.45, 7) is 2.04. The molecular weight excluding hydrogens is 464 g/mol. The molecule has 6 aliphatic rings. The molecule has 2 bridgehead atoms. The molecule has 0 saturated carbocycles. The topological polar surface area (TPSA) is 13.0 Å². The summed E-state index contributed by atoms with van der Waals surface area (Å²) >= 11 is 0. The van der Waals surface area contributed by atoms with Gasteiger partial charge in [0.15, 0.2) is 11.6 Å². The Balaban J connectivity index is 1.33. The zero-order chi connectivity index (χ0) is 25.1. The van der Waals surface area contributed by atoms with E-state index in [0.29, 0.717) is 23.7 Å². The number of hydrogen-bond donors (Lipinski definition) is 0. The van der Waals surface area contributed by atoms with Gasteiger partial charge in [0, 0.05) is 39.0 Å². The van der Waals surface area contributed by atoms with Gasteiger partial charge < -0.3 is 19.6 Å². The molecule has 3 heterocycles. The molecule has 0 aromatic heterocycles. The van der Waals surface area contributed by atoms with Crippen LogP contribution in [0.15, 0.2) is 109 Å². The lowest BCUT2D eigenvalue weighted by molar-refractivity contribution is 0.236. The Morgan fingerprint density at radius 3 is 1.13 bits per heavy atom. The van der Waals surface area contributed by atoms with Gasteiger partial charge in [0.25, 0.3) is 0 Å². The van der Waals surface area contributed by atoms with Crippen molar-refractivity contribution < 1.29 is 0 Å². The summed E-state index contributed by atoms with van der Waals surface area (Å²) in [5.74, 6) is 4.44. The molecule has 0 unspecified atom stereocenters. The molecule has 2 atom stereocenters. The van der Waals surface area contributed by atoms with Gasteiger partial charge in [-0.3, -0.25) is 0 Å². The molecule has 0 amide bonds. The lowest BCUT2D eigenvalue weighted by Crippen LogP contribution is -2.52. The SMILES string of the molecule is CN1/C2=C3\N(C)c4ccccc4N3C[C@H]3C4c5ccccc5C(c5ccccc54)[C@@H]3CN2c2ccccc21. The van der Waals surface area contributed by atoms with Gasteiger partial charge in [-0.2, -0.15) is 0 Å². The van der Waals surface area contributed by atoms with Crippen LogP contribution in [-0.4, -0.2) is 27.2 Å². The normalized spacial score (nSPS) is 27.5. The van der Waals surface area contributed by atoms with Gasteiger partial charge in [-0.1, -0.05) is 72.8 Å². The zero-order valence-corrected chi connectivity index (χ0v) is 21.8. The van der Waals surface area contributed by atoms with Gasteiger partial charge in [0.1, 0.15) is 0 Å². The number of benzene rings is 4. The number of fused-ring (bicyclic) bond motifs is 6.